The molecule has 0 saturated heterocycles. The molecule has 1 atom stereocenters. The van der Waals surface area contributed by atoms with Gasteiger partial charge in [-0.05, 0) is 66.0 Å². The highest BCUT2D eigenvalue weighted by atomic mass is 127. The van der Waals surface area contributed by atoms with Gasteiger partial charge >= 0.3 is 0 Å². The lowest BCUT2D eigenvalue weighted by Crippen LogP contribution is -2.32. The Morgan fingerprint density at radius 2 is 1.57 bits per heavy atom. The predicted octanol–water partition coefficient (Wildman–Crippen LogP) is 6.05. The van der Waals surface area contributed by atoms with Gasteiger partial charge in [0.15, 0.2) is 0 Å². The molecule has 0 fully saturated rings. The monoisotopic (exact) mass is 615 g/mol. The summed E-state index contributed by atoms with van der Waals surface area (Å²) in [6.45, 7) is 16.0. The van der Waals surface area contributed by atoms with E-state index < -0.39 is 13.1 Å². The lowest BCUT2D eigenvalue weighted by molar-refractivity contribution is 0.0216. The van der Waals surface area contributed by atoms with E-state index >= 15 is 0 Å². The lowest BCUT2D eigenvalue weighted by atomic mass is 9.70. The molecule has 0 radical (unpaired) electrons. The Labute approximate surface area is 224 Å². The van der Waals surface area contributed by atoms with Crippen molar-refractivity contribution in [1.82, 2.24) is 5.32 Å². The molecule has 1 unspecified atom stereocenters. The van der Waals surface area contributed by atoms with Crippen molar-refractivity contribution in [3.05, 3.63) is 64.2 Å². The van der Waals surface area contributed by atoms with E-state index in [4.69, 9.17) is 4.74 Å². The predicted molar refractivity (Wildman–Crippen MR) is 154 cm³/mol. The summed E-state index contributed by atoms with van der Waals surface area (Å²) in [5.74, 6) is 0.942. The zero-order chi connectivity index (χ0) is 26.4. The van der Waals surface area contributed by atoms with Crippen LogP contribution >= 0.6 is 21.2 Å². The fourth-order valence-electron chi connectivity index (χ4n) is 4.37. The van der Waals surface area contributed by atoms with Crippen LogP contribution in [0.1, 0.15) is 75.3 Å². The zero-order valence-corrected chi connectivity index (χ0v) is 25.2. The molecule has 0 amide bonds. The molecule has 2 N–H and O–H groups in total. The van der Waals surface area contributed by atoms with E-state index in [0.717, 1.165) is 24.2 Å². The van der Waals surface area contributed by atoms with E-state index in [1.54, 1.807) is 0 Å². The molecular formula is C28H42INO4S. The summed E-state index contributed by atoms with van der Waals surface area (Å²) in [5.41, 5.74) is 5.67. The molecule has 0 saturated carbocycles. The topological polar surface area (TPSA) is 75.6 Å². The third kappa shape index (κ3) is 8.17. The van der Waals surface area contributed by atoms with E-state index in [0.29, 0.717) is 13.1 Å². The largest absolute Gasteiger partial charge is 0.491 e. The number of halogens is 1. The fourth-order valence-corrected chi connectivity index (χ4v) is 5.42. The van der Waals surface area contributed by atoms with Gasteiger partial charge in [0.25, 0.3) is 0 Å². The third-order valence-electron chi connectivity index (χ3n) is 7.06. The van der Waals surface area contributed by atoms with E-state index in [9.17, 15) is 13.5 Å². The van der Waals surface area contributed by atoms with Crippen molar-refractivity contribution < 1.29 is 18.3 Å². The number of aliphatic hydroxyl groups excluding tert-OH is 1. The lowest BCUT2D eigenvalue weighted by Gasteiger charge is -2.34. The average molecular weight is 616 g/mol. The van der Waals surface area contributed by atoms with Crippen LogP contribution in [-0.4, -0.2) is 38.5 Å². The maximum absolute atomic E-state index is 11.3. The first-order valence-electron chi connectivity index (χ1n) is 12.4. The molecule has 196 valence electrons. The van der Waals surface area contributed by atoms with Crippen LogP contribution in [0.3, 0.4) is 0 Å². The summed E-state index contributed by atoms with van der Waals surface area (Å²) in [7, 11) is -2.99. The second-order valence-corrected chi connectivity index (χ2v) is 16.0. The number of nitrogens with one attached hydrogen (secondary N) is 1. The van der Waals surface area contributed by atoms with Crippen LogP contribution in [0.15, 0.2) is 36.4 Å². The third-order valence-corrected chi connectivity index (χ3v) is 9.08. The standard InChI is InChI=1S/C28H42INO4S/c1-8-28(9-2,23-11-10-22(20(3)16-23)18-30-14-15-35(29,32)33)24-12-13-25(21(4)17-24)34-19-26(31)27(5,6)7/h10-13,16-17,26,30-31H,8-9,14-15,18-19H2,1-7H3. The van der Waals surface area contributed by atoms with Gasteiger partial charge in [-0.15, -0.1) is 0 Å². The first-order chi connectivity index (χ1) is 16.2. The number of aryl methyl sites for hydroxylation is 2. The highest BCUT2D eigenvalue weighted by Crippen LogP contribution is 2.41. The normalized spacial score (nSPS) is 13.6. The van der Waals surface area contributed by atoms with Gasteiger partial charge in [-0.25, -0.2) is 8.42 Å². The molecule has 0 bridgehead atoms. The maximum Gasteiger partial charge on any atom is 0.204 e. The minimum absolute atomic E-state index is 0.111. The van der Waals surface area contributed by atoms with Gasteiger partial charge in [-0.2, -0.15) is 0 Å². The number of benzene rings is 2. The second-order valence-electron chi connectivity index (χ2n) is 10.5. The summed E-state index contributed by atoms with van der Waals surface area (Å²) in [6, 6.07) is 13.1. The van der Waals surface area contributed by atoms with Crippen LogP contribution in [0.25, 0.3) is 0 Å². The van der Waals surface area contributed by atoms with Gasteiger partial charge < -0.3 is 15.2 Å². The molecule has 35 heavy (non-hydrogen) atoms. The zero-order valence-electron chi connectivity index (χ0n) is 22.2. The summed E-state index contributed by atoms with van der Waals surface area (Å²) in [6.07, 6.45) is 1.40. The average Bonchev–Trinajstić information content (AvgIpc) is 2.77. The van der Waals surface area contributed by atoms with Crippen molar-refractivity contribution in [1.29, 1.82) is 0 Å². The molecule has 2 aromatic carbocycles. The molecule has 0 aliphatic heterocycles. The van der Waals surface area contributed by atoms with Crippen LogP contribution in [0.2, 0.25) is 0 Å². The molecule has 2 aromatic rings. The fraction of sp³-hybridized carbons (Fsp3) is 0.571. The van der Waals surface area contributed by atoms with E-state index in [1.165, 1.54) is 43.5 Å². The molecule has 0 aromatic heterocycles. The van der Waals surface area contributed by atoms with E-state index in [1.807, 2.05) is 26.8 Å². The van der Waals surface area contributed by atoms with Crippen LogP contribution < -0.4 is 10.1 Å². The van der Waals surface area contributed by atoms with Crippen molar-refractivity contribution >= 4 is 28.2 Å². The molecule has 0 spiro atoms. The van der Waals surface area contributed by atoms with E-state index in [2.05, 4.69) is 63.3 Å². The van der Waals surface area contributed by atoms with Crippen molar-refractivity contribution in [2.24, 2.45) is 5.41 Å². The number of hydrogen-bond donors (Lipinski definition) is 2. The minimum atomic E-state index is -2.99. The summed E-state index contributed by atoms with van der Waals surface area (Å²) in [4.78, 5) is 0. The van der Waals surface area contributed by atoms with E-state index in [-0.39, 0.29) is 23.2 Å². The minimum Gasteiger partial charge on any atom is -0.491 e. The molecule has 5 nitrogen and oxygen atoms in total. The van der Waals surface area contributed by atoms with Crippen molar-refractivity contribution in [3.63, 3.8) is 0 Å². The van der Waals surface area contributed by atoms with Crippen LogP contribution in [-0.2, 0) is 19.0 Å². The summed E-state index contributed by atoms with van der Waals surface area (Å²) in [5, 5.41) is 13.6. The van der Waals surface area contributed by atoms with Crippen molar-refractivity contribution in [2.75, 3.05) is 18.9 Å². The molecule has 0 heterocycles. The first-order valence-corrected chi connectivity index (χ1v) is 16.6. The highest BCUT2D eigenvalue weighted by molar-refractivity contribution is 14.2. The van der Waals surface area contributed by atoms with Gasteiger partial charge in [0.2, 0.25) is 7.01 Å². The Kier molecular flexibility index (Phi) is 10.6. The number of rotatable bonds is 12. The smallest absolute Gasteiger partial charge is 0.204 e. The van der Waals surface area contributed by atoms with Crippen molar-refractivity contribution in [3.8, 4) is 5.75 Å². The Balaban J connectivity index is 2.25. The second kappa shape index (κ2) is 12.4. The Bertz CT molecular complexity index is 1090. The van der Waals surface area contributed by atoms with Crippen molar-refractivity contribution in [2.45, 2.75) is 79.4 Å². The first kappa shape index (κ1) is 30.1. The van der Waals surface area contributed by atoms with Crippen LogP contribution in [0, 0.1) is 19.3 Å². The number of hydrogen-bond acceptors (Lipinski definition) is 5. The van der Waals surface area contributed by atoms with Gasteiger partial charge in [-0.3, -0.25) is 0 Å². The molecule has 2 rings (SSSR count). The molecule has 0 aliphatic carbocycles. The SMILES string of the molecule is CCC(CC)(c1ccc(CNCCS(=O)(=O)I)c(C)c1)c1ccc(OCC(O)C(C)(C)C)c(C)c1. The summed E-state index contributed by atoms with van der Waals surface area (Å²) < 4.78 is 28.7. The van der Waals surface area contributed by atoms with Gasteiger partial charge in [0.05, 0.1) is 33.1 Å². The molecule has 0 aliphatic rings. The Morgan fingerprint density at radius 3 is 2.06 bits per heavy atom. The molecule has 7 heteroatoms. The van der Waals surface area contributed by atoms with Gasteiger partial charge in [0, 0.05) is 18.5 Å². The van der Waals surface area contributed by atoms with Crippen LogP contribution in [0.5, 0.6) is 5.75 Å². The maximum atomic E-state index is 11.3. The molecular weight excluding hydrogens is 573 g/mol. The quantitative estimate of drug-likeness (QED) is 0.173. The number of aliphatic hydroxyl groups is 1. The van der Waals surface area contributed by atoms with Gasteiger partial charge in [0.1, 0.15) is 12.4 Å². The number of ether oxygens (including phenoxy) is 1. The summed E-state index contributed by atoms with van der Waals surface area (Å²) >= 11 is 1.49. The highest BCUT2D eigenvalue weighted by Gasteiger charge is 2.31. The Morgan fingerprint density at radius 1 is 1.00 bits per heavy atom. The Hall–Kier alpha value is -1.16. The van der Waals surface area contributed by atoms with Crippen LogP contribution in [0.4, 0.5) is 0 Å². The van der Waals surface area contributed by atoms with Gasteiger partial charge in [-0.1, -0.05) is 65.0 Å².